The van der Waals surface area contributed by atoms with Crippen LogP contribution in [0.4, 0.5) is 0 Å². The highest BCUT2D eigenvalue weighted by Gasteiger charge is 2.12. The molecule has 0 aromatic heterocycles. The van der Waals surface area contributed by atoms with E-state index in [4.69, 9.17) is 0 Å². The third-order valence-electron chi connectivity index (χ3n) is 5.15. The van der Waals surface area contributed by atoms with Crippen LogP contribution in [0.2, 0.25) is 0 Å². The fourth-order valence-corrected chi connectivity index (χ4v) is 3.72. The largest absolute Gasteiger partial charge is 0.309 e. The van der Waals surface area contributed by atoms with Gasteiger partial charge in [0.05, 0.1) is 0 Å². The normalized spacial score (nSPS) is 11.5. The first kappa shape index (κ1) is 23.6. The van der Waals surface area contributed by atoms with Gasteiger partial charge in [-0.1, -0.05) is 106 Å². The molecule has 30 heavy (non-hydrogen) atoms. The van der Waals surface area contributed by atoms with Crippen LogP contribution >= 0.6 is 0 Å². The molecule has 3 aromatic carbocycles. The predicted molar refractivity (Wildman–Crippen MR) is 134 cm³/mol. The highest BCUT2D eigenvalue weighted by Crippen LogP contribution is 2.34. The molecule has 0 saturated carbocycles. The molecule has 0 N–H and O–H groups in total. The molecule has 0 bridgehead atoms. The summed E-state index contributed by atoms with van der Waals surface area (Å²) in [5.41, 5.74) is 8.03. The van der Waals surface area contributed by atoms with E-state index < -0.39 is 0 Å². The summed E-state index contributed by atoms with van der Waals surface area (Å²) in [5.74, 6) is 0. The summed E-state index contributed by atoms with van der Waals surface area (Å²) in [6.07, 6.45) is 3.32. The molecule has 0 radical (unpaired) electrons. The van der Waals surface area contributed by atoms with Crippen molar-refractivity contribution in [2.24, 2.45) is 0 Å². The Morgan fingerprint density at radius 3 is 1.67 bits per heavy atom. The molecule has 158 valence electrons. The van der Waals surface area contributed by atoms with E-state index >= 15 is 0 Å². The lowest BCUT2D eigenvalue weighted by Gasteiger charge is -2.17. The van der Waals surface area contributed by atoms with Crippen molar-refractivity contribution in [2.45, 2.75) is 40.0 Å². The summed E-state index contributed by atoms with van der Waals surface area (Å²) >= 11 is 0. The molecule has 0 amide bonds. The minimum Gasteiger partial charge on any atom is -0.309 e. The van der Waals surface area contributed by atoms with Gasteiger partial charge in [-0.05, 0) is 73.3 Å². The van der Waals surface area contributed by atoms with Crippen LogP contribution in [0.25, 0.3) is 11.1 Å². The molecule has 1 nitrogen and oxygen atoms in total. The van der Waals surface area contributed by atoms with E-state index in [2.05, 4.69) is 111 Å². The fourth-order valence-electron chi connectivity index (χ4n) is 3.72. The Bertz CT molecular complexity index is 875. The van der Waals surface area contributed by atoms with Gasteiger partial charge < -0.3 is 4.90 Å². The molecule has 0 fully saturated rings. The van der Waals surface area contributed by atoms with Gasteiger partial charge in [0.25, 0.3) is 0 Å². The average molecular weight is 400 g/mol. The van der Waals surface area contributed by atoms with Gasteiger partial charge in [0.2, 0.25) is 0 Å². The molecule has 0 spiro atoms. The first-order chi connectivity index (χ1) is 14.7. The van der Waals surface area contributed by atoms with E-state index in [1.54, 1.807) is 0 Å². The van der Waals surface area contributed by atoms with Crippen LogP contribution in [0.5, 0.6) is 0 Å². The highest BCUT2D eigenvalue weighted by atomic mass is 15.0. The van der Waals surface area contributed by atoms with E-state index in [0.29, 0.717) is 0 Å². The van der Waals surface area contributed by atoms with Crippen molar-refractivity contribution in [1.82, 2.24) is 4.90 Å². The number of allylic oxidation sites excluding steroid dienone is 1. The average Bonchev–Trinajstić information content (AvgIpc) is 2.80. The second-order valence-electron chi connectivity index (χ2n) is 7.54. The Balaban J connectivity index is 0.00000155. The van der Waals surface area contributed by atoms with Crippen molar-refractivity contribution in [2.75, 3.05) is 20.6 Å². The molecule has 3 aromatic rings. The summed E-state index contributed by atoms with van der Waals surface area (Å²) in [4.78, 5) is 2.25. The molecular weight excluding hydrogens is 362 g/mol. The number of nitrogens with zero attached hydrogens (tertiary/aromatic N) is 1. The Kier molecular flexibility index (Phi) is 10.1. The number of rotatable bonds is 8. The standard InChI is InChI=1S/C27H31N.C2H6/c1-4-26(23-13-7-5-8-14-23)27(24-15-9-6-10-16-24)25-19-17-22(18-20-25)12-11-21-28(2)3;1-2/h5-10,13-20H,4,11-12,21H2,1-3H3;1-2H3/b27-26+;. The Labute approximate surface area is 184 Å². The molecule has 0 atom stereocenters. The van der Waals surface area contributed by atoms with Crippen molar-refractivity contribution >= 4 is 11.1 Å². The maximum atomic E-state index is 2.30. The number of hydrogen-bond donors (Lipinski definition) is 0. The molecular formula is C29H37N. The molecule has 0 aliphatic heterocycles. The van der Waals surface area contributed by atoms with Crippen molar-refractivity contribution < 1.29 is 0 Å². The van der Waals surface area contributed by atoms with Crippen molar-refractivity contribution in [3.8, 4) is 0 Å². The fraction of sp³-hybridized carbons (Fsp3) is 0.310. The van der Waals surface area contributed by atoms with Gasteiger partial charge in [0.1, 0.15) is 0 Å². The van der Waals surface area contributed by atoms with Crippen LogP contribution in [0, 0.1) is 0 Å². The van der Waals surface area contributed by atoms with Crippen molar-refractivity contribution in [3.05, 3.63) is 107 Å². The van der Waals surface area contributed by atoms with Crippen molar-refractivity contribution in [1.29, 1.82) is 0 Å². The lowest BCUT2D eigenvalue weighted by Crippen LogP contribution is -2.13. The maximum Gasteiger partial charge on any atom is -0.00217 e. The van der Waals surface area contributed by atoms with Crippen LogP contribution in [0.1, 0.15) is 55.9 Å². The van der Waals surface area contributed by atoms with Gasteiger partial charge in [-0.25, -0.2) is 0 Å². The third-order valence-corrected chi connectivity index (χ3v) is 5.15. The van der Waals surface area contributed by atoms with E-state index in [-0.39, 0.29) is 0 Å². The second-order valence-corrected chi connectivity index (χ2v) is 7.54. The molecule has 0 aliphatic rings. The molecule has 0 saturated heterocycles. The SMILES string of the molecule is CC.CC/C(=C(/c1ccccc1)c1ccc(CCCN(C)C)cc1)c1ccccc1. The second kappa shape index (κ2) is 12.8. The molecule has 3 rings (SSSR count). The van der Waals surface area contributed by atoms with Gasteiger partial charge in [0.15, 0.2) is 0 Å². The minimum atomic E-state index is 0.999. The summed E-state index contributed by atoms with van der Waals surface area (Å²) in [5, 5.41) is 0. The predicted octanol–water partition coefficient (Wildman–Crippen LogP) is 7.58. The number of benzene rings is 3. The Morgan fingerprint density at radius 2 is 1.17 bits per heavy atom. The Morgan fingerprint density at radius 1 is 0.667 bits per heavy atom. The van der Waals surface area contributed by atoms with E-state index in [0.717, 1.165) is 19.4 Å². The lowest BCUT2D eigenvalue weighted by molar-refractivity contribution is 0.400. The number of aryl methyl sites for hydroxylation is 1. The quantitative estimate of drug-likeness (QED) is 0.353. The van der Waals surface area contributed by atoms with E-state index in [9.17, 15) is 0 Å². The first-order valence-electron chi connectivity index (χ1n) is 11.3. The monoisotopic (exact) mass is 399 g/mol. The molecule has 0 aliphatic carbocycles. The zero-order chi connectivity index (χ0) is 21.8. The summed E-state index contributed by atoms with van der Waals surface area (Å²) in [6, 6.07) is 30.8. The molecule has 1 heteroatoms. The van der Waals surface area contributed by atoms with Crippen LogP contribution < -0.4 is 0 Å². The zero-order valence-corrected chi connectivity index (χ0v) is 19.4. The maximum absolute atomic E-state index is 2.30. The minimum absolute atomic E-state index is 0.999. The lowest BCUT2D eigenvalue weighted by atomic mass is 9.88. The summed E-state index contributed by atoms with van der Waals surface area (Å²) < 4.78 is 0. The zero-order valence-electron chi connectivity index (χ0n) is 19.4. The van der Waals surface area contributed by atoms with E-state index in [1.165, 1.54) is 39.8 Å². The topological polar surface area (TPSA) is 3.24 Å². The van der Waals surface area contributed by atoms with Gasteiger partial charge in [-0.15, -0.1) is 0 Å². The summed E-state index contributed by atoms with van der Waals surface area (Å²) in [7, 11) is 4.27. The summed E-state index contributed by atoms with van der Waals surface area (Å²) in [6.45, 7) is 7.38. The van der Waals surface area contributed by atoms with Crippen molar-refractivity contribution in [3.63, 3.8) is 0 Å². The van der Waals surface area contributed by atoms with Gasteiger partial charge in [-0.2, -0.15) is 0 Å². The first-order valence-corrected chi connectivity index (χ1v) is 11.3. The highest BCUT2D eigenvalue weighted by molar-refractivity contribution is 5.98. The van der Waals surface area contributed by atoms with E-state index in [1.807, 2.05) is 13.8 Å². The van der Waals surface area contributed by atoms with Gasteiger partial charge >= 0.3 is 0 Å². The Hall–Kier alpha value is -2.64. The third kappa shape index (κ3) is 6.71. The van der Waals surface area contributed by atoms with Crippen LogP contribution in [0.3, 0.4) is 0 Å². The number of hydrogen-bond acceptors (Lipinski definition) is 1. The van der Waals surface area contributed by atoms with Crippen LogP contribution in [-0.2, 0) is 6.42 Å². The van der Waals surface area contributed by atoms with Crippen LogP contribution in [-0.4, -0.2) is 25.5 Å². The van der Waals surface area contributed by atoms with Crippen LogP contribution in [0.15, 0.2) is 84.9 Å². The van der Waals surface area contributed by atoms with Gasteiger partial charge in [-0.3, -0.25) is 0 Å². The molecule has 0 heterocycles. The van der Waals surface area contributed by atoms with Gasteiger partial charge in [0, 0.05) is 0 Å². The molecule has 0 unspecified atom stereocenters. The smallest absolute Gasteiger partial charge is 0.00217 e.